The molecule has 2 rings (SSSR count). The Morgan fingerprint density at radius 1 is 0.708 bits per heavy atom. The molecule has 0 bridgehead atoms. The lowest BCUT2D eigenvalue weighted by Gasteiger charge is -2.17. The molecule has 0 heterocycles. The molecule has 0 amide bonds. The highest BCUT2D eigenvalue weighted by atomic mass is 16.5. The molecule has 4 nitrogen and oxygen atoms in total. The zero-order chi connectivity index (χ0) is 17.4. The van der Waals surface area contributed by atoms with E-state index in [-0.39, 0.29) is 24.1 Å². The van der Waals surface area contributed by atoms with Gasteiger partial charge in [0.25, 0.3) is 0 Å². The van der Waals surface area contributed by atoms with Crippen LogP contribution in [0.3, 0.4) is 0 Å². The van der Waals surface area contributed by atoms with E-state index >= 15 is 0 Å². The second-order valence-corrected chi connectivity index (χ2v) is 5.74. The minimum atomic E-state index is -0.336. The second-order valence-electron chi connectivity index (χ2n) is 5.74. The predicted octanol–water partition coefficient (Wildman–Crippen LogP) is 4.26. The molecule has 4 heteroatoms. The molecule has 0 aliphatic carbocycles. The van der Waals surface area contributed by atoms with Crippen LogP contribution in [0, 0.1) is 0 Å². The third kappa shape index (κ3) is 5.54. The van der Waals surface area contributed by atoms with Crippen LogP contribution in [-0.2, 0) is 9.47 Å². The summed E-state index contributed by atoms with van der Waals surface area (Å²) in [6, 6.07) is 17.8. The van der Waals surface area contributed by atoms with Gasteiger partial charge in [-0.3, -0.25) is 0 Å². The number of carbonyl (C=O) groups excluding carboxylic acids is 2. The van der Waals surface area contributed by atoms with Gasteiger partial charge >= 0.3 is 11.9 Å². The number of hydrogen-bond donors (Lipinski definition) is 0. The fourth-order valence-electron chi connectivity index (χ4n) is 2.24. The molecule has 0 radical (unpaired) electrons. The Kier molecular flexibility index (Phi) is 6.55. The fraction of sp³-hybridized carbons (Fsp3) is 0.300. The molecule has 0 fully saturated rings. The Labute approximate surface area is 142 Å². The molecular weight excluding hydrogens is 304 g/mol. The number of ether oxygens (including phenoxy) is 2. The Morgan fingerprint density at radius 2 is 1.04 bits per heavy atom. The molecule has 0 aliphatic heterocycles. The third-order valence-corrected chi connectivity index (χ3v) is 3.62. The number of esters is 2. The summed E-state index contributed by atoms with van der Waals surface area (Å²) in [6.07, 6.45) is 0.773. The first-order chi connectivity index (χ1) is 11.6. The largest absolute Gasteiger partial charge is 0.459 e. The van der Waals surface area contributed by atoms with E-state index < -0.39 is 0 Å². The second kappa shape index (κ2) is 8.87. The van der Waals surface area contributed by atoms with E-state index in [1.165, 1.54) is 0 Å². The molecule has 0 saturated heterocycles. The summed E-state index contributed by atoms with van der Waals surface area (Å²) in [4.78, 5) is 23.9. The Morgan fingerprint density at radius 3 is 1.38 bits per heavy atom. The van der Waals surface area contributed by atoms with Gasteiger partial charge in [0.1, 0.15) is 0 Å². The minimum absolute atomic E-state index is 0.240. The van der Waals surface area contributed by atoms with E-state index in [4.69, 9.17) is 9.47 Å². The molecule has 2 atom stereocenters. The highest BCUT2D eigenvalue weighted by molar-refractivity contribution is 5.89. The van der Waals surface area contributed by atoms with Crippen LogP contribution in [0.15, 0.2) is 60.7 Å². The van der Waals surface area contributed by atoms with Gasteiger partial charge in [0.05, 0.1) is 23.3 Å². The van der Waals surface area contributed by atoms with Gasteiger partial charge in [-0.2, -0.15) is 0 Å². The average Bonchev–Trinajstić information content (AvgIpc) is 2.61. The van der Waals surface area contributed by atoms with Crippen LogP contribution >= 0.6 is 0 Å². The maximum atomic E-state index is 12.0. The van der Waals surface area contributed by atoms with Crippen molar-refractivity contribution in [3.63, 3.8) is 0 Å². The summed E-state index contributed by atoms with van der Waals surface area (Å²) in [5.41, 5.74) is 1.07. The van der Waals surface area contributed by atoms with Gasteiger partial charge in [-0.15, -0.1) is 0 Å². The highest BCUT2D eigenvalue weighted by Gasteiger charge is 2.15. The van der Waals surface area contributed by atoms with Crippen molar-refractivity contribution in [3.05, 3.63) is 71.8 Å². The van der Waals surface area contributed by atoms with Gasteiger partial charge in [-0.1, -0.05) is 36.4 Å². The highest BCUT2D eigenvalue weighted by Crippen LogP contribution is 2.12. The molecule has 2 unspecified atom stereocenters. The molecule has 0 spiro atoms. The summed E-state index contributed by atoms with van der Waals surface area (Å²) in [7, 11) is 0. The Bertz CT molecular complexity index is 592. The Hall–Kier alpha value is -2.62. The fourth-order valence-corrected chi connectivity index (χ4v) is 2.24. The van der Waals surface area contributed by atoms with Crippen molar-refractivity contribution in [2.75, 3.05) is 0 Å². The van der Waals surface area contributed by atoms with Crippen molar-refractivity contribution in [1.82, 2.24) is 0 Å². The maximum absolute atomic E-state index is 12.0. The summed E-state index contributed by atoms with van der Waals surface area (Å²) >= 11 is 0. The van der Waals surface area contributed by atoms with Crippen molar-refractivity contribution >= 4 is 11.9 Å². The number of rotatable bonds is 7. The van der Waals surface area contributed by atoms with Gasteiger partial charge in [-0.05, 0) is 51.0 Å². The van der Waals surface area contributed by atoms with Crippen LogP contribution in [0.4, 0.5) is 0 Å². The van der Waals surface area contributed by atoms with Crippen LogP contribution < -0.4 is 0 Å². The van der Waals surface area contributed by atoms with E-state index in [0.717, 1.165) is 0 Å². The van der Waals surface area contributed by atoms with Crippen molar-refractivity contribution in [1.29, 1.82) is 0 Å². The summed E-state index contributed by atoms with van der Waals surface area (Å²) in [6.45, 7) is 3.68. The first-order valence-corrected chi connectivity index (χ1v) is 8.08. The SMILES string of the molecule is CC(CCC(C)OC(=O)c1ccccc1)OC(=O)c1ccccc1. The zero-order valence-corrected chi connectivity index (χ0v) is 14.0. The molecule has 0 aliphatic rings. The smallest absolute Gasteiger partial charge is 0.338 e. The molecule has 2 aromatic carbocycles. The van der Waals surface area contributed by atoms with Crippen molar-refractivity contribution in [3.8, 4) is 0 Å². The average molecular weight is 326 g/mol. The molecule has 0 saturated carbocycles. The van der Waals surface area contributed by atoms with Crippen LogP contribution in [0.5, 0.6) is 0 Å². The monoisotopic (exact) mass is 326 g/mol. The van der Waals surface area contributed by atoms with Gasteiger partial charge in [-0.25, -0.2) is 9.59 Å². The molecule has 0 aromatic heterocycles. The first-order valence-electron chi connectivity index (χ1n) is 8.08. The van der Waals surface area contributed by atoms with E-state index in [0.29, 0.717) is 24.0 Å². The molecule has 2 aromatic rings. The van der Waals surface area contributed by atoms with Crippen LogP contribution in [0.1, 0.15) is 47.4 Å². The van der Waals surface area contributed by atoms with Gasteiger partial charge < -0.3 is 9.47 Å². The molecule has 0 N–H and O–H groups in total. The van der Waals surface area contributed by atoms with Crippen LogP contribution in [-0.4, -0.2) is 24.1 Å². The zero-order valence-electron chi connectivity index (χ0n) is 14.0. The molecule has 24 heavy (non-hydrogen) atoms. The molecule has 126 valence electrons. The maximum Gasteiger partial charge on any atom is 0.338 e. The number of hydrogen-bond acceptors (Lipinski definition) is 4. The van der Waals surface area contributed by atoms with E-state index in [9.17, 15) is 9.59 Å². The lowest BCUT2D eigenvalue weighted by atomic mass is 10.1. The van der Waals surface area contributed by atoms with Crippen molar-refractivity contribution in [2.45, 2.75) is 38.9 Å². The van der Waals surface area contributed by atoms with E-state index in [1.807, 2.05) is 26.0 Å². The minimum Gasteiger partial charge on any atom is -0.459 e. The van der Waals surface area contributed by atoms with Gasteiger partial charge in [0.15, 0.2) is 0 Å². The Balaban J connectivity index is 1.74. The van der Waals surface area contributed by atoms with Gasteiger partial charge in [0.2, 0.25) is 0 Å². The third-order valence-electron chi connectivity index (χ3n) is 3.62. The summed E-state index contributed by atoms with van der Waals surface area (Å²) in [5, 5.41) is 0. The van der Waals surface area contributed by atoms with E-state index in [1.54, 1.807) is 48.5 Å². The predicted molar refractivity (Wildman–Crippen MR) is 91.9 cm³/mol. The standard InChI is InChI=1S/C20H22O4/c1-15(23-19(21)17-9-5-3-6-10-17)13-14-16(2)24-20(22)18-11-7-4-8-12-18/h3-12,15-16H,13-14H2,1-2H3. The normalized spacial score (nSPS) is 12.9. The first kappa shape index (κ1) is 17.7. The lowest BCUT2D eigenvalue weighted by molar-refractivity contribution is 0.0187. The van der Waals surface area contributed by atoms with Crippen LogP contribution in [0.25, 0.3) is 0 Å². The summed E-state index contributed by atoms with van der Waals surface area (Å²) in [5.74, 6) is -0.672. The lowest BCUT2D eigenvalue weighted by Crippen LogP contribution is -2.20. The van der Waals surface area contributed by atoms with Crippen LogP contribution in [0.2, 0.25) is 0 Å². The van der Waals surface area contributed by atoms with Crippen molar-refractivity contribution in [2.24, 2.45) is 0 Å². The topological polar surface area (TPSA) is 52.6 Å². The summed E-state index contributed by atoms with van der Waals surface area (Å²) < 4.78 is 10.8. The number of benzene rings is 2. The van der Waals surface area contributed by atoms with Gasteiger partial charge in [0, 0.05) is 0 Å². The van der Waals surface area contributed by atoms with E-state index in [2.05, 4.69) is 0 Å². The quantitative estimate of drug-likeness (QED) is 0.714. The van der Waals surface area contributed by atoms with Crippen molar-refractivity contribution < 1.29 is 19.1 Å². The number of carbonyl (C=O) groups is 2. The molecular formula is C20H22O4.